The van der Waals surface area contributed by atoms with E-state index in [-0.39, 0.29) is 10.7 Å². The van der Waals surface area contributed by atoms with Gasteiger partial charge < -0.3 is 9.67 Å². The van der Waals surface area contributed by atoms with Crippen LogP contribution in [0.4, 0.5) is 0 Å². The van der Waals surface area contributed by atoms with Gasteiger partial charge in [0.05, 0.1) is 16.8 Å². The summed E-state index contributed by atoms with van der Waals surface area (Å²) in [6, 6.07) is 10.9. The third kappa shape index (κ3) is 1.86. The second kappa shape index (κ2) is 4.40. The number of pyridine rings is 1. The van der Waals surface area contributed by atoms with Crippen LogP contribution in [0.2, 0.25) is 5.15 Å². The summed E-state index contributed by atoms with van der Waals surface area (Å²) < 4.78 is 1.65. The molecule has 2 aromatic heterocycles. The number of benzene rings is 1. The van der Waals surface area contributed by atoms with Gasteiger partial charge in [-0.2, -0.15) is 0 Å². The molecule has 0 fully saturated rings. The average Bonchev–Trinajstić information content (AvgIpc) is 2.80. The molecule has 5 heteroatoms. The van der Waals surface area contributed by atoms with Crippen molar-refractivity contribution in [3.05, 3.63) is 59.5 Å². The lowest BCUT2D eigenvalue weighted by molar-refractivity contribution is 0.0697. The van der Waals surface area contributed by atoms with Gasteiger partial charge in [-0.1, -0.05) is 17.7 Å². The fraction of sp³-hybridized carbons (Fsp3) is 0. The fourth-order valence-corrected chi connectivity index (χ4v) is 2.35. The standard InChI is InChI=1S/C14H9ClN2O2/c15-13-10(14(18)19)6-8-17(13)12-5-1-4-11-9(12)3-2-7-16-11/h1-8H,(H,18,19). The Bertz CT molecular complexity index is 775. The number of carboxylic acid groups (broad SMARTS) is 1. The predicted molar refractivity (Wildman–Crippen MR) is 73.0 cm³/mol. The predicted octanol–water partition coefficient (Wildman–Crippen LogP) is 3.38. The van der Waals surface area contributed by atoms with E-state index < -0.39 is 5.97 Å². The lowest BCUT2D eigenvalue weighted by Gasteiger charge is -2.08. The SMILES string of the molecule is O=C(O)c1ccn(-c2cccc3ncccc23)c1Cl. The number of carboxylic acids is 1. The van der Waals surface area contributed by atoms with Crippen molar-refractivity contribution in [3.63, 3.8) is 0 Å². The first-order chi connectivity index (χ1) is 9.18. The highest BCUT2D eigenvalue weighted by Crippen LogP contribution is 2.27. The number of rotatable bonds is 2. The molecule has 0 unspecified atom stereocenters. The molecule has 0 radical (unpaired) electrons. The molecule has 4 nitrogen and oxygen atoms in total. The van der Waals surface area contributed by atoms with Gasteiger partial charge in [-0.25, -0.2) is 4.79 Å². The van der Waals surface area contributed by atoms with Gasteiger partial charge in [-0.05, 0) is 30.3 Å². The zero-order chi connectivity index (χ0) is 13.4. The maximum atomic E-state index is 11.0. The highest BCUT2D eigenvalue weighted by atomic mass is 35.5. The molecular weight excluding hydrogens is 264 g/mol. The van der Waals surface area contributed by atoms with Crippen molar-refractivity contribution < 1.29 is 9.90 Å². The van der Waals surface area contributed by atoms with Gasteiger partial charge in [0.2, 0.25) is 0 Å². The lowest BCUT2D eigenvalue weighted by atomic mass is 10.2. The summed E-state index contributed by atoms with van der Waals surface area (Å²) in [5.74, 6) is -1.04. The Morgan fingerprint density at radius 3 is 2.79 bits per heavy atom. The van der Waals surface area contributed by atoms with E-state index in [0.29, 0.717) is 0 Å². The van der Waals surface area contributed by atoms with E-state index in [2.05, 4.69) is 4.98 Å². The van der Waals surface area contributed by atoms with Crippen molar-refractivity contribution in [1.29, 1.82) is 0 Å². The molecule has 0 spiro atoms. The molecule has 3 aromatic rings. The Morgan fingerprint density at radius 2 is 2.05 bits per heavy atom. The van der Waals surface area contributed by atoms with Crippen LogP contribution in [-0.2, 0) is 0 Å². The van der Waals surface area contributed by atoms with E-state index in [0.717, 1.165) is 16.6 Å². The molecular formula is C14H9ClN2O2. The Hall–Kier alpha value is -2.33. The summed E-state index contributed by atoms with van der Waals surface area (Å²) in [7, 11) is 0. The number of nitrogens with zero attached hydrogens (tertiary/aromatic N) is 2. The molecule has 94 valence electrons. The summed E-state index contributed by atoms with van der Waals surface area (Å²) in [6.45, 7) is 0. The van der Waals surface area contributed by atoms with Crippen LogP contribution in [0.3, 0.4) is 0 Å². The van der Waals surface area contributed by atoms with Gasteiger partial charge in [-0.15, -0.1) is 0 Å². The van der Waals surface area contributed by atoms with Gasteiger partial charge >= 0.3 is 5.97 Å². The fourth-order valence-electron chi connectivity index (χ4n) is 2.06. The topological polar surface area (TPSA) is 55.1 Å². The summed E-state index contributed by atoms with van der Waals surface area (Å²) in [5, 5.41) is 10.1. The van der Waals surface area contributed by atoms with Gasteiger partial charge in [0.25, 0.3) is 0 Å². The minimum absolute atomic E-state index is 0.0857. The highest BCUT2D eigenvalue weighted by molar-refractivity contribution is 6.33. The smallest absolute Gasteiger partial charge is 0.338 e. The van der Waals surface area contributed by atoms with E-state index in [1.165, 1.54) is 6.07 Å². The van der Waals surface area contributed by atoms with Gasteiger partial charge in [-0.3, -0.25) is 4.98 Å². The van der Waals surface area contributed by atoms with Crippen molar-refractivity contribution >= 4 is 28.5 Å². The minimum atomic E-state index is -1.04. The molecule has 3 rings (SSSR count). The Morgan fingerprint density at radius 1 is 1.21 bits per heavy atom. The number of hydrogen-bond donors (Lipinski definition) is 1. The maximum absolute atomic E-state index is 11.0. The molecule has 0 amide bonds. The molecule has 0 atom stereocenters. The summed E-state index contributed by atoms with van der Waals surface area (Å²) in [5.41, 5.74) is 1.73. The molecule has 0 saturated heterocycles. The number of halogens is 1. The zero-order valence-electron chi connectivity index (χ0n) is 9.75. The maximum Gasteiger partial charge on any atom is 0.338 e. The van der Waals surface area contributed by atoms with Crippen LogP contribution in [0, 0.1) is 0 Å². The molecule has 19 heavy (non-hydrogen) atoms. The summed E-state index contributed by atoms with van der Waals surface area (Å²) >= 11 is 6.12. The number of carbonyl (C=O) groups is 1. The van der Waals surface area contributed by atoms with E-state index in [1.807, 2.05) is 30.3 Å². The zero-order valence-corrected chi connectivity index (χ0v) is 10.5. The second-order valence-corrected chi connectivity index (χ2v) is 4.40. The first-order valence-electron chi connectivity index (χ1n) is 5.63. The van der Waals surface area contributed by atoms with Crippen molar-refractivity contribution in [2.75, 3.05) is 0 Å². The van der Waals surface area contributed by atoms with E-state index in [1.54, 1.807) is 17.0 Å². The van der Waals surface area contributed by atoms with Gasteiger partial charge in [0.1, 0.15) is 5.15 Å². The largest absolute Gasteiger partial charge is 0.478 e. The highest BCUT2D eigenvalue weighted by Gasteiger charge is 2.15. The number of hydrogen-bond acceptors (Lipinski definition) is 2. The van der Waals surface area contributed by atoms with Crippen LogP contribution in [0.5, 0.6) is 0 Å². The average molecular weight is 273 g/mol. The van der Waals surface area contributed by atoms with E-state index >= 15 is 0 Å². The van der Waals surface area contributed by atoms with E-state index in [4.69, 9.17) is 16.7 Å². The summed E-state index contributed by atoms with van der Waals surface area (Å²) in [6.07, 6.45) is 3.36. The minimum Gasteiger partial charge on any atom is -0.478 e. The molecule has 2 heterocycles. The second-order valence-electron chi connectivity index (χ2n) is 4.04. The van der Waals surface area contributed by atoms with Crippen LogP contribution < -0.4 is 0 Å². The molecule has 0 saturated carbocycles. The molecule has 0 aliphatic rings. The normalized spacial score (nSPS) is 10.8. The van der Waals surface area contributed by atoms with E-state index in [9.17, 15) is 4.79 Å². The van der Waals surface area contributed by atoms with Gasteiger partial charge in [0, 0.05) is 17.8 Å². The molecule has 1 N–H and O–H groups in total. The number of aromatic carboxylic acids is 1. The Balaban J connectivity index is 2.28. The Labute approximate surface area is 113 Å². The summed E-state index contributed by atoms with van der Waals surface area (Å²) in [4.78, 5) is 15.3. The van der Waals surface area contributed by atoms with Crippen LogP contribution in [-0.4, -0.2) is 20.6 Å². The van der Waals surface area contributed by atoms with Crippen molar-refractivity contribution in [2.24, 2.45) is 0 Å². The quantitative estimate of drug-likeness (QED) is 0.778. The van der Waals surface area contributed by atoms with Crippen molar-refractivity contribution in [3.8, 4) is 5.69 Å². The molecule has 1 aromatic carbocycles. The number of fused-ring (bicyclic) bond motifs is 1. The molecule has 0 aliphatic carbocycles. The van der Waals surface area contributed by atoms with Crippen LogP contribution >= 0.6 is 11.6 Å². The third-order valence-electron chi connectivity index (χ3n) is 2.94. The molecule has 0 aliphatic heterocycles. The third-order valence-corrected chi connectivity index (χ3v) is 3.32. The lowest BCUT2D eigenvalue weighted by Crippen LogP contribution is -1.98. The van der Waals surface area contributed by atoms with Gasteiger partial charge in [0.15, 0.2) is 0 Å². The van der Waals surface area contributed by atoms with Crippen molar-refractivity contribution in [2.45, 2.75) is 0 Å². The number of aromatic nitrogens is 2. The van der Waals surface area contributed by atoms with Crippen molar-refractivity contribution in [1.82, 2.24) is 9.55 Å². The van der Waals surface area contributed by atoms with Crippen LogP contribution in [0.25, 0.3) is 16.6 Å². The van der Waals surface area contributed by atoms with Crippen LogP contribution in [0.1, 0.15) is 10.4 Å². The van der Waals surface area contributed by atoms with Crippen LogP contribution in [0.15, 0.2) is 48.8 Å². The molecule has 0 bridgehead atoms. The first kappa shape index (κ1) is 11.7. The monoisotopic (exact) mass is 272 g/mol. The Kier molecular flexibility index (Phi) is 2.72. The first-order valence-corrected chi connectivity index (χ1v) is 6.00.